The van der Waals surface area contributed by atoms with E-state index in [1.807, 2.05) is 0 Å². The molecule has 3 rings (SSSR count). The van der Waals surface area contributed by atoms with Crippen LogP contribution in [0.1, 0.15) is 12.6 Å². The van der Waals surface area contributed by atoms with E-state index in [-0.39, 0.29) is 18.0 Å². The molecule has 132 valence electrons. The summed E-state index contributed by atoms with van der Waals surface area (Å²) in [6, 6.07) is 0. The van der Waals surface area contributed by atoms with Gasteiger partial charge in [-0.1, -0.05) is 0 Å². The van der Waals surface area contributed by atoms with E-state index >= 15 is 0 Å². The summed E-state index contributed by atoms with van der Waals surface area (Å²) in [6.07, 6.45) is -6.05. The molecule has 1 aliphatic heterocycles. The van der Waals surface area contributed by atoms with Gasteiger partial charge in [0, 0.05) is 6.42 Å². The SMILES string of the molecule is Nc1nc2c(c(=O)[nH]1)n(CC(F)F)c(=O)n2[C@@H]1O[C@H](CO)C[C@H]1O. The molecule has 3 heterocycles. The van der Waals surface area contributed by atoms with Crippen molar-refractivity contribution in [1.82, 2.24) is 19.1 Å². The molecule has 5 N–H and O–H groups in total. The summed E-state index contributed by atoms with van der Waals surface area (Å²) in [6.45, 7) is -1.42. The van der Waals surface area contributed by atoms with Crippen molar-refractivity contribution in [2.45, 2.75) is 37.8 Å². The molecule has 1 aliphatic rings. The normalized spacial score (nSPS) is 24.3. The van der Waals surface area contributed by atoms with E-state index in [2.05, 4.69) is 9.97 Å². The maximum Gasteiger partial charge on any atom is 0.332 e. The number of hydrogen-bond donors (Lipinski definition) is 4. The molecule has 0 bridgehead atoms. The van der Waals surface area contributed by atoms with Gasteiger partial charge in [0.25, 0.3) is 12.0 Å². The minimum atomic E-state index is -2.89. The van der Waals surface area contributed by atoms with Crippen molar-refractivity contribution in [3.8, 4) is 0 Å². The summed E-state index contributed by atoms with van der Waals surface area (Å²) in [4.78, 5) is 30.5. The Morgan fingerprint density at radius 1 is 1.46 bits per heavy atom. The number of aliphatic hydroxyl groups excluding tert-OH is 2. The molecule has 24 heavy (non-hydrogen) atoms. The van der Waals surface area contributed by atoms with Crippen molar-refractivity contribution in [2.24, 2.45) is 0 Å². The molecule has 0 spiro atoms. The van der Waals surface area contributed by atoms with Crippen LogP contribution in [0.4, 0.5) is 14.7 Å². The standard InChI is InChI=1S/C12H15F2N5O5/c13-6(14)2-18-7-8(16-11(15)17-9(7)22)19(12(18)23)10-5(21)1-4(3-20)24-10/h4-6,10,20-21H,1-3H2,(H3,15,16,17,22)/t4-,5+,10+/m0/s1. The van der Waals surface area contributed by atoms with E-state index in [0.717, 1.165) is 4.57 Å². The molecule has 0 amide bonds. The highest BCUT2D eigenvalue weighted by Crippen LogP contribution is 2.29. The second-order valence-electron chi connectivity index (χ2n) is 5.41. The number of ether oxygens (including phenoxy) is 1. The Morgan fingerprint density at radius 3 is 2.75 bits per heavy atom. The van der Waals surface area contributed by atoms with Gasteiger partial charge in [0.1, 0.15) is 6.10 Å². The van der Waals surface area contributed by atoms with Gasteiger partial charge in [0.05, 0.1) is 19.3 Å². The number of alkyl halides is 2. The number of aromatic nitrogens is 4. The third-order valence-electron chi connectivity index (χ3n) is 3.77. The zero-order valence-electron chi connectivity index (χ0n) is 12.2. The lowest BCUT2D eigenvalue weighted by Crippen LogP contribution is -2.33. The lowest BCUT2D eigenvalue weighted by molar-refractivity contribution is -0.0507. The van der Waals surface area contributed by atoms with Gasteiger partial charge in [-0.2, -0.15) is 4.98 Å². The van der Waals surface area contributed by atoms with E-state index in [4.69, 9.17) is 15.6 Å². The highest BCUT2D eigenvalue weighted by atomic mass is 19.3. The van der Waals surface area contributed by atoms with Gasteiger partial charge in [0.2, 0.25) is 5.95 Å². The number of hydrogen-bond acceptors (Lipinski definition) is 7. The van der Waals surface area contributed by atoms with Crippen molar-refractivity contribution in [2.75, 3.05) is 12.3 Å². The first-order chi connectivity index (χ1) is 11.3. The van der Waals surface area contributed by atoms with Crippen LogP contribution in [0.25, 0.3) is 11.2 Å². The Kier molecular flexibility index (Phi) is 4.11. The fourth-order valence-electron chi connectivity index (χ4n) is 2.82. The Morgan fingerprint density at radius 2 is 2.17 bits per heavy atom. The van der Waals surface area contributed by atoms with Crippen LogP contribution in [0.2, 0.25) is 0 Å². The molecule has 0 aliphatic carbocycles. The zero-order valence-corrected chi connectivity index (χ0v) is 12.2. The van der Waals surface area contributed by atoms with Crippen LogP contribution in [0.3, 0.4) is 0 Å². The summed E-state index contributed by atoms with van der Waals surface area (Å²) in [5, 5.41) is 19.2. The number of fused-ring (bicyclic) bond motifs is 1. The summed E-state index contributed by atoms with van der Waals surface area (Å²) in [5.41, 5.74) is 2.94. The van der Waals surface area contributed by atoms with Gasteiger partial charge in [-0.3, -0.25) is 14.3 Å². The number of rotatable bonds is 4. The second-order valence-corrected chi connectivity index (χ2v) is 5.41. The summed E-state index contributed by atoms with van der Waals surface area (Å²) >= 11 is 0. The van der Waals surface area contributed by atoms with Gasteiger partial charge in [-0.25, -0.2) is 18.1 Å². The number of nitrogen functional groups attached to an aromatic ring is 1. The number of halogens is 2. The number of aliphatic hydroxyl groups is 2. The van der Waals surface area contributed by atoms with Crippen LogP contribution >= 0.6 is 0 Å². The molecule has 0 radical (unpaired) electrons. The van der Waals surface area contributed by atoms with E-state index in [9.17, 15) is 23.5 Å². The van der Waals surface area contributed by atoms with Crippen molar-refractivity contribution in [3.05, 3.63) is 20.8 Å². The molecule has 0 aromatic carbocycles. The topological polar surface area (TPSA) is 148 Å². The molecule has 2 aromatic heterocycles. The van der Waals surface area contributed by atoms with E-state index < -0.39 is 54.8 Å². The third-order valence-corrected chi connectivity index (χ3v) is 3.77. The van der Waals surface area contributed by atoms with Crippen LogP contribution in [0, 0.1) is 0 Å². The van der Waals surface area contributed by atoms with Gasteiger partial charge < -0.3 is 20.7 Å². The maximum atomic E-state index is 12.8. The molecule has 0 unspecified atom stereocenters. The van der Waals surface area contributed by atoms with Gasteiger partial charge in [0.15, 0.2) is 17.4 Å². The molecule has 0 saturated carbocycles. The smallest absolute Gasteiger partial charge is 0.332 e. The van der Waals surface area contributed by atoms with Crippen LogP contribution in [-0.2, 0) is 11.3 Å². The largest absolute Gasteiger partial charge is 0.394 e. The number of aromatic amines is 1. The first kappa shape index (κ1) is 16.5. The number of imidazole rings is 1. The first-order valence-corrected chi connectivity index (χ1v) is 7.06. The molecule has 10 nitrogen and oxygen atoms in total. The quantitative estimate of drug-likeness (QED) is 0.519. The minimum Gasteiger partial charge on any atom is -0.394 e. The highest BCUT2D eigenvalue weighted by molar-refractivity contribution is 5.71. The lowest BCUT2D eigenvalue weighted by Gasteiger charge is -2.15. The Hall–Kier alpha value is -2.31. The number of nitrogens with two attached hydrogens (primary N) is 1. The van der Waals surface area contributed by atoms with Crippen LogP contribution in [-0.4, -0.2) is 54.6 Å². The van der Waals surface area contributed by atoms with Crippen molar-refractivity contribution in [3.63, 3.8) is 0 Å². The van der Waals surface area contributed by atoms with E-state index in [1.165, 1.54) is 0 Å². The van der Waals surface area contributed by atoms with Crippen LogP contribution < -0.4 is 17.0 Å². The molecule has 1 saturated heterocycles. The maximum absolute atomic E-state index is 12.8. The Bertz CT molecular complexity index is 875. The number of anilines is 1. The average molecular weight is 347 g/mol. The number of nitrogens with zero attached hydrogens (tertiary/aromatic N) is 3. The van der Waals surface area contributed by atoms with Crippen molar-refractivity contribution in [1.29, 1.82) is 0 Å². The average Bonchev–Trinajstić information content (AvgIpc) is 2.97. The summed E-state index contributed by atoms with van der Waals surface area (Å²) in [7, 11) is 0. The molecule has 1 fully saturated rings. The van der Waals surface area contributed by atoms with Gasteiger partial charge in [-0.05, 0) is 0 Å². The van der Waals surface area contributed by atoms with Crippen molar-refractivity contribution >= 4 is 17.1 Å². The summed E-state index contributed by atoms with van der Waals surface area (Å²) < 4.78 is 32.3. The fourth-order valence-corrected chi connectivity index (χ4v) is 2.82. The Labute approximate surface area is 132 Å². The van der Waals surface area contributed by atoms with Gasteiger partial charge >= 0.3 is 5.69 Å². The summed E-state index contributed by atoms with van der Waals surface area (Å²) in [5.74, 6) is -0.318. The Balaban J connectivity index is 2.26. The number of nitrogens with one attached hydrogen (secondary N) is 1. The molecule has 3 atom stereocenters. The fraction of sp³-hybridized carbons (Fsp3) is 0.583. The lowest BCUT2D eigenvalue weighted by atomic mass is 10.2. The van der Waals surface area contributed by atoms with Crippen LogP contribution in [0.5, 0.6) is 0 Å². The van der Waals surface area contributed by atoms with E-state index in [1.54, 1.807) is 0 Å². The van der Waals surface area contributed by atoms with Gasteiger partial charge in [-0.15, -0.1) is 0 Å². The predicted octanol–water partition coefficient (Wildman–Crippen LogP) is -1.63. The molecular weight excluding hydrogens is 332 g/mol. The molecular formula is C12H15F2N5O5. The van der Waals surface area contributed by atoms with Crippen LogP contribution in [0.15, 0.2) is 9.59 Å². The van der Waals surface area contributed by atoms with E-state index in [0.29, 0.717) is 4.57 Å². The third kappa shape index (κ3) is 2.57. The molecule has 2 aromatic rings. The predicted molar refractivity (Wildman–Crippen MR) is 76.6 cm³/mol. The van der Waals surface area contributed by atoms with Crippen molar-refractivity contribution < 1.29 is 23.7 Å². The zero-order chi connectivity index (χ0) is 17.6. The minimum absolute atomic E-state index is 0.0355. The monoisotopic (exact) mass is 347 g/mol. The number of H-pyrrole nitrogens is 1. The first-order valence-electron chi connectivity index (χ1n) is 7.06. The molecule has 12 heteroatoms. The highest BCUT2D eigenvalue weighted by Gasteiger charge is 2.38. The second kappa shape index (κ2) is 5.96.